The van der Waals surface area contributed by atoms with Crippen LogP contribution < -0.4 is 5.32 Å². The molecule has 2 nitrogen and oxygen atoms in total. The van der Waals surface area contributed by atoms with Gasteiger partial charge in [-0.1, -0.05) is 37.6 Å². The average Bonchev–Trinajstić information content (AvgIpc) is 2.43. The summed E-state index contributed by atoms with van der Waals surface area (Å²) in [5, 5.41) is 3.61. The molecule has 0 saturated heterocycles. The third-order valence-corrected chi connectivity index (χ3v) is 3.59. The fourth-order valence-corrected chi connectivity index (χ4v) is 2.25. The molecule has 2 heteroatoms. The molecule has 0 saturated carbocycles. The maximum Gasteiger partial charge on any atom is 0.0476 e. The molecule has 1 N–H and O–H groups in total. The van der Waals surface area contributed by atoms with E-state index < -0.39 is 0 Å². The Morgan fingerprint density at radius 1 is 1.16 bits per heavy atom. The van der Waals surface area contributed by atoms with Crippen LogP contribution in [0.2, 0.25) is 0 Å². The number of unbranched alkanes of at least 4 members (excludes halogenated alkanes) is 1. The molecule has 0 fully saturated rings. The van der Waals surface area contributed by atoms with Gasteiger partial charge < -0.3 is 10.1 Å². The molecule has 1 aromatic carbocycles. The normalized spacial score (nSPS) is 14.3. The highest BCUT2D eigenvalue weighted by Gasteiger charge is 2.09. The smallest absolute Gasteiger partial charge is 0.0476 e. The summed E-state index contributed by atoms with van der Waals surface area (Å²) in [5.41, 5.74) is 2.81. The zero-order valence-corrected chi connectivity index (χ0v) is 12.9. The van der Waals surface area contributed by atoms with Crippen molar-refractivity contribution in [2.24, 2.45) is 0 Å². The maximum absolute atomic E-state index is 5.11. The van der Waals surface area contributed by atoms with Crippen molar-refractivity contribution in [3.63, 3.8) is 0 Å². The molecule has 0 radical (unpaired) electrons. The van der Waals surface area contributed by atoms with Gasteiger partial charge in [-0.3, -0.25) is 0 Å². The van der Waals surface area contributed by atoms with Crippen LogP contribution in [-0.4, -0.2) is 19.8 Å². The summed E-state index contributed by atoms with van der Waals surface area (Å²) in [6.07, 6.45) is 4.79. The fourth-order valence-electron chi connectivity index (χ4n) is 2.25. The molecule has 0 aliphatic heterocycles. The number of ether oxygens (including phenoxy) is 1. The molecular weight excluding hydrogens is 234 g/mol. The van der Waals surface area contributed by atoms with Crippen molar-refractivity contribution in [3.05, 3.63) is 35.4 Å². The molecule has 0 aliphatic carbocycles. The Bertz CT molecular complexity index is 334. The highest BCUT2D eigenvalue weighted by Crippen LogP contribution is 2.15. The Morgan fingerprint density at radius 3 is 2.42 bits per heavy atom. The molecule has 19 heavy (non-hydrogen) atoms. The van der Waals surface area contributed by atoms with Crippen LogP contribution in [0.25, 0.3) is 0 Å². The van der Waals surface area contributed by atoms with E-state index in [1.54, 1.807) is 7.11 Å². The van der Waals surface area contributed by atoms with Crippen LogP contribution >= 0.6 is 0 Å². The lowest BCUT2D eigenvalue weighted by atomic mass is 10.0. The Kier molecular flexibility index (Phi) is 7.76. The second-order valence-corrected chi connectivity index (χ2v) is 5.42. The highest BCUT2D eigenvalue weighted by atomic mass is 16.5. The molecule has 2 unspecified atom stereocenters. The number of aryl methyl sites for hydroxylation is 1. The lowest BCUT2D eigenvalue weighted by Crippen LogP contribution is -2.29. The molecule has 0 amide bonds. The Morgan fingerprint density at radius 2 is 1.84 bits per heavy atom. The van der Waals surface area contributed by atoms with E-state index in [4.69, 9.17) is 4.74 Å². The van der Waals surface area contributed by atoms with Crippen molar-refractivity contribution >= 4 is 0 Å². The van der Waals surface area contributed by atoms with Gasteiger partial charge in [0.1, 0.15) is 0 Å². The monoisotopic (exact) mass is 263 g/mol. The van der Waals surface area contributed by atoms with Crippen molar-refractivity contribution in [3.8, 4) is 0 Å². The van der Waals surface area contributed by atoms with Crippen LogP contribution in [0.3, 0.4) is 0 Å². The predicted octanol–water partition coefficient (Wildman–Crippen LogP) is 4.10. The lowest BCUT2D eigenvalue weighted by molar-refractivity contribution is 0.183. The SMILES string of the molecule is CCCCc1ccc(C(C)NC(C)CCOC)cc1. The summed E-state index contributed by atoms with van der Waals surface area (Å²) >= 11 is 0. The van der Waals surface area contributed by atoms with Gasteiger partial charge in [0.05, 0.1) is 0 Å². The van der Waals surface area contributed by atoms with Crippen molar-refractivity contribution < 1.29 is 4.74 Å². The van der Waals surface area contributed by atoms with Gasteiger partial charge in [-0.25, -0.2) is 0 Å². The fraction of sp³-hybridized carbons (Fsp3) is 0.647. The Hall–Kier alpha value is -0.860. The number of methoxy groups -OCH3 is 1. The number of hydrogen-bond donors (Lipinski definition) is 1. The van der Waals surface area contributed by atoms with Crippen LogP contribution in [0.15, 0.2) is 24.3 Å². The van der Waals surface area contributed by atoms with E-state index in [1.165, 1.54) is 30.4 Å². The van der Waals surface area contributed by atoms with E-state index in [9.17, 15) is 0 Å². The van der Waals surface area contributed by atoms with Gasteiger partial charge >= 0.3 is 0 Å². The van der Waals surface area contributed by atoms with E-state index in [-0.39, 0.29) is 0 Å². The van der Waals surface area contributed by atoms with Gasteiger partial charge in [0.2, 0.25) is 0 Å². The highest BCUT2D eigenvalue weighted by molar-refractivity contribution is 5.24. The molecule has 1 aromatic rings. The number of rotatable bonds is 9. The molecule has 0 bridgehead atoms. The molecule has 0 spiro atoms. The van der Waals surface area contributed by atoms with Crippen molar-refractivity contribution in [1.29, 1.82) is 0 Å². The van der Waals surface area contributed by atoms with Crippen molar-refractivity contribution in [2.75, 3.05) is 13.7 Å². The first-order valence-corrected chi connectivity index (χ1v) is 7.51. The van der Waals surface area contributed by atoms with Crippen LogP contribution in [0.1, 0.15) is 57.2 Å². The molecule has 2 atom stereocenters. The number of benzene rings is 1. The summed E-state index contributed by atoms with van der Waals surface area (Å²) in [7, 11) is 1.76. The van der Waals surface area contributed by atoms with E-state index in [1.807, 2.05) is 0 Å². The van der Waals surface area contributed by atoms with Crippen LogP contribution in [-0.2, 0) is 11.2 Å². The minimum Gasteiger partial charge on any atom is -0.385 e. The first-order valence-electron chi connectivity index (χ1n) is 7.51. The summed E-state index contributed by atoms with van der Waals surface area (Å²) in [6.45, 7) is 7.49. The summed E-state index contributed by atoms with van der Waals surface area (Å²) in [5.74, 6) is 0. The van der Waals surface area contributed by atoms with Crippen molar-refractivity contribution in [1.82, 2.24) is 5.32 Å². The summed E-state index contributed by atoms with van der Waals surface area (Å²) < 4.78 is 5.11. The number of hydrogen-bond acceptors (Lipinski definition) is 2. The van der Waals surface area contributed by atoms with Gasteiger partial charge in [0.15, 0.2) is 0 Å². The molecular formula is C17H29NO. The molecule has 1 rings (SSSR count). The Labute approximate surface area is 118 Å². The minimum atomic E-state index is 0.395. The quantitative estimate of drug-likeness (QED) is 0.724. The van der Waals surface area contributed by atoms with E-state index in [2.05, 4.69) is 50.4 Å². The Balaban J connectivity index is 2.45. The zero-order valence-electron chi connectivity index (χ0n) is 12.9. The molecule has 108 valence electrons. The second-order valence-electron chi connectivity index (χ2n) is 5.42. The largest absolute Gasteiger partial charge is 0.385 e. The van der Waals surface area contributed by atoms with E-state index in [0.29, 0.717) is 12.1 Å². The van der Waals surface area contributed by atoms with Crippen molar-refractivity contribution in [2.45, 2.75) is 58.5 Å². The predicted molar refractivity (Wildman–Crippen MR) is 82.6 cm³/mol. The minimum absolute atomic E-state index is 0.395. The molecule has 0 aliphatic rings. The molecule has 0 heterocycles. The topological polar surface area (TPSA) is 21.3 Å². The van der Waals surface area contributed by atoms with Crippen LogP contribution in [0.5, 0.6) is 0 Å². The van der Waals surface area contributed by atoms with Gasteiger partial charge in [0.25, 0.3) is 0 Å². The number of nitrogens with one attached hydrogen (secondary N) is 1. The van der Waals surface area contributed by atoms with E-state index >= 15 is 0 Å². The van der Waals surface area contributed by atoms with E-state index in [0.717, 1.165) is 13.0 Å². The van der Waals surface area contributed by atoms with Crippen LogP contribution in [0, 0.1) is 0 Å². The summed E-state index contributed by atoms with van der Waals surface area (Å²) in [6, 6.07) is 9.92. The average molecular weight is 263 g/mol. The van der Waals surface area contributed by atoms with Gasteiger partial charge in [-0.05, 0) is 44.2 Å². The summed E-state index contributed by atoms with van der Waals surface area (Å²) in [4.78, 5) is 0. The third-order valence-electron chi connectivity index (χ3n) is 3.59. The zero-order chi connectivity index (χ0) is 14.1. The standard InChI is InChI=1S/C17H29NO/c1-5-6-7-16-8-10-17(11-9-16)15(3)18-14(2)12-13-19-4/h8-11,14-15,18H,5-7,12-13H2,1-4H3. The lowest BCUT2D eigenvalue weighted by Gasteiger charge is -2.20. The van der Waals surface area contributed by atoms with Gasteiger partial charge in [-0.15, -0.1) is 0 Å². The first kappa shape index (κ1) is 16.2. The second kappa shape index (κ2) is 9.11. The third kappa shape index (κ3) is 6.22. The van der Waals surface area contributed by atoms with Gasteiger partial charge in [-0.2, -0.15) is 0 Å². The maximum atomic E-state index is 5.11. The molecule has 0 aromatic heterocycles. The van der Waals surface area contributed by atoms with Gasteiger partial charge in [0, 0.05) is 25.8 Å². The first-order chi connectivity index (χ1) is 9.17. The van der Waals surface area contributed by atoms with Crippen LogP contribution in [0.4, 0.5) is 0 Å².